The zero-order chi connectivity index (χ0) is 19.9. The van der Waals surface area contributed by atoms with Crippen LogP contribution in [0.5, 0.6) is 5.75 Å². The number of hydrogen-bond acceptors (Lipinski definition) is 4. The molecule has 142 valence electrons. The molecular formula is C23H22N2O2S. The Morgan fingerprint density at radius 3 is 2.36 bits per heavy atom. The van der Waals surface area contributed by atoms with Crippen molar-refractivity contribution in [2.45, 2.75) is 29.3 Å². The number of benzene rings is 3. The monoisotopic (exact) mass is 390 g/mol. The fraction of sp³-hybridized carbons (Fsp3) is 0.174. The molecule has 0 aliphatic rings. The third kappa shape index (κ3) is 4.66. The Labute approximate surface area is 168 Å². The molecule has 0 saturated carbocycles. The molecule has 0 saturated heterocycles. The van der Waals surface area contributed by atoms with Crippen molar-refractivity contribution in [1.82, 2.24) is 5.32 Å². The normalized spacial score (nSPS) is 12.8. The molecule has 0 aliphatic carbocycles. The van der Waals surface area contributed by atoms with Crippen LogP contribution in [0.4, 0.5) is 0 Å². The SMILES string of the molecule is COc1ccc(CN[C@@H](C#N)c2ccccc2[S@@](=O)c2ccc(C)cc2)cc1. The van der Waals surface area contributed by atoms with Gasteiger partial charge in [0.1, 0.15) is 11.8 Å². The fourth-order valence-electron chi connectivity index (χ4n) is 2.87. The van der Waals surface area contributed by atoms with Crippen molar-refractivity contribution >= 4 is 10.8 Å². The summed E-state index contributed by atoms with van der Waals surface area (Å²) < 4.78 is 18.3. The predicted molar refractivity (Wildman–Crippen MR) is 110 cm³/mol. The zero-order valence-corrected chi connectivity index (χ0v) is 16.7. The number of nitriles is 1. The third-order valence-corrected chi connectivity index (χ3v) is 5.93. The maximum atomic E-state index is 13.1. The average molecular weight is 391 g/mol. The van der Waals surface area contributed by atoms with Gasteiger partial charge in [0.25, 0.3) is 0 Å². The molecule has 0 aromatic heterocycles. The van der Waals surface area contributed by atoms with Crippen LogP contribution in [0.2, 0.25) is 0 Å². The molecule has 3 aromatic carbocycles. The van der Waals surface area contributed by atoms with E-state index in [-0.39, 0.29) is 0 Å². The molecule has 3 aromatic rings. The highest BCUT2D eigenvalue weighted by Gasteiger charge is 2.18. The van der Waals surface area contributed by atoms with Gasteiger partial charge in [-0.15, -0.1) is 0 Å². The van der Waals surface area contributed by atoms with Crippen LogP contribution in [0.15, 0.2) is 82.6 Å². The van der Waals surface area contributed by atoms with Crippen LogP contribution in [0.1, 0.15) is 22.7 Å². The van der Waals surface area contributed by atoms with E-state index in [0.717, 1.165) is 27.3 Å². The minimum Gasteiger partial charge on any atom is -0.497 e. The second-order valence-corrected chi connectivity index (χ2v) is 7.86. The lowest BCUT2D eigenvalue weighted by molar-refractivity contribution is 0.414. The lowest BCUT2D eigenvalue weighted by Crippen LogP contribution is -2.21. The van der Waals surface area contributed by atoms with E-state index in [1.165, 1.54) is 0 Å². The number of hydrogen-bond donors (Lipinski definition) is 1. The van der Waals surface area contributed by atoms with Crippen molar-refractivity contribution in [1.29, 1.82) is 5.26 Å². The molecule has 0 amide bonds. The summed E-state index contributed by atoms with van der Waals surface area (Å²) in [6, 6.07) is 24.4. The second kappa shape index (κ2) is 9.32. The second-order valence-electron chi connectivity index (χ2n) is 6.41. The van der Waals surface area contributed by atoms with E-state index in [2.05, 4.69) is 11.4 Å². The number of methoxy groups -OCH3 is 1. The van der Waals surface area contributed by atoms with Gasteiger partial charge in [-0.1, -0.05) is 48.0 Å². The Balaban J connectivity index is 1.81. The van der Waals surface area contributed by atoms with Crippen LogP contribution in [0.3, 0.4) is 0 Å². The summed E-state index contributed by atoms with van der Waals surface area (Å²) >= 11 is 0. The molecule has 1 N–H and O–H groups in total. The number of aryl methyl sites for hydroxylation is 1. The first-order chi connectivity index (χ1) is 13.6. The highest BCUT2D eigenvalue weighted by Crippen LogP contribution is 2.25. The first-order valence-corrected chi connectivity index (χ1v) is 10.1. The van der Waals surface area contributed by atoms with Gasteiger partial charge in [-0.05, 0) is 48.4 Å². The maximum Gasteiger partial charge on any atom is 0.122 e. The van der Waals surface area contributed by atoms with Gasteiger partial charge in [0.2, 0.25) is 0 Å². The summed E-state index contributed by atoms with van der Waals surface area (Å²) in [5, 5.41) is 13.0. The van der Waals surface area contributed by atoms with Gasteiger partial charge in [0.15, 0.2) is 0 Å². The van der Waals surface area contributed by atoms with Crippen LogP contribution in [0.25, 0.3) is 0 Å². The van der Waals surface area contributed by atoms with E-state index in [4.69, 9.17) is 4.74 Å². The molecule has 0 bridgehead atoms. The van der Waals surface area contributed by atoms with Crippen molar-refractivity contribution in [2.75, 3.05) is 7.11 Å². The zero-order valence-electron chi connectivity index (χ0n) is 15.9. The number of ether oxygens (including phenoxy) is 1. The van der Waals surface area contributed by atoms with Crippen LogP contribution < -0.4 is 10.1 Å². The summed E-state index contributed by atoms with van der Waals surface area (Å²) in [4.78, 5) is 1.38. The van der Waals surface area contributed by atoms with Gasteiger partial charge in [0, 0.05) is 16.3 Å². The number of nitrogens with zero attached hydrogens (tertiary/aromatic N) is 1. The van der Waals surface area contributed by atoms with E-state index >= 15 is 0 Å². The minimum atomic E-state index is -1.35. The molecular weight excluding hydrogens is 368 g/mol. The van der Waals surface area contributed by atoms with Crippen molar-refractivity contribution in [3.63, 3.8) is 0 Å². The molecule has 4 nitrogen and oxygen atoms in total. The Morgan fingerprint density at radius 1 is 1.04 bits per heavy atom. The average Bonchev–Trinajstić information content (AvgIpc) is 2.75. The summed E-state index contributed by atoms with van der Waals surface area (Å²) in [6.07, 6.45) is 0. The van der Waals surface area contributed by atoms with Crippen LogP contribution >= 0.6 is 0 Å². The van der Waals surface area contributed by atoms with E-state index in [1.807, 2.05) is 79.7 Å². The molecule has 3 rings (SSSR count). The topological polar surface area (TPSA) is 62.1 Å². The highest BCUT2D eigenvalue weighted by molar-refractivity contribution is 7.85. The van der Waals surface area contributed by atoms with Crippen molar-refractivity contribution in [2.24, 2.45) is 0 Å². The van der Waals surface area contributed by atoms with Gasteiger partial charge >= 0.3 is 0 Å². The Morgan fingerprint density at radius 2 is 1.71 bits per heavy atom. The summed E-state index contributed by atoms with van der Waals surface area (Å²) in [6.45, 7) is 2.52. The standard InChI is InChI=1S/C23H22N2O2S/c1-17-7-13-20(14-8-17)28(26)23-6-4-3-5-21(23)22(15-24)25-16-18-9-11-19(27-2)12-10-18/h3-14,22,25H,16H2,1-2H3/t22-,28-/m0/s1. The molecule has 0 aliphatic heterocycles. The maximum absolute atomic E-state index is 13.1. The van der Waals surface area contributed by atoms with Gasteiger partial charge < -0.3 is 4.74 Å². The molecule has 28 heavy (non-hydrogen) atoms. The molecule has 0 radical (unpaired) electrons. The summed E-state index contributed by atoms with van der Waals surface area (Å²) in [5.41, 5.74) is 2.89. The van der Waals surface area contributed by atoms with Gasteiger partial charge in [-0.25, -0.2) is 4.21 Å². The van der Waals surface area contributed by atoms with Gasteiger partial charge in [-0.2, -0.15) is 5.26 Å². The van der Waals surface area contributed by atoms with Crippen LogP contribution in [-0.4, -0.2) is 11.3 Å². The van der Waals surface area contributed by atoms with Crippen molar-refractivity contribution in [3.8, 4) is 11.8 Å². The van der Waals surface area contributed by atoms with Crippen LogP contribution in [0, 0.1) is 18.3 Å². The lowest BCUT2D eigenvalue weighted by atomic mass is 10.1. The third-order valence-electron chi connectivity index (χ3n) is 4.46. The van der Waals surface area contributed by atoms with Crippen molar-refractivity contribution < 1.29 is 8.95 Å². The quantitative estimate of drug-likeness (QED) is 0.644. The number of nitrogens with one attached hydrogen (secondary N) is 1. The molecule has 0 heterocycles. The molecule has 2 atom stereocenters. The van der Waals surface area contributed by atoms with Gasteiger partial charge in [0.05, 0.1) is 24.0 Å². The van der Waals surface area contributed by atoms with E-state index in [9.17, 15) is 9.47 Å². The van der Waals surface area contributed by atoms with E-state index < -0.39 is 16.8 Å². The van der Waals surface area contributed by atoms with E-state index in [1.54, 1.807) is 7.11 Å². The smallest absolute Gasteiger partial charge is 0.122 e. The largest absolute Gasteiger partial charge is 0.497 e. The molecule has 0 unspecified atom stereocenters. The Bertz CT molecular complexity index is 992. The van der Waals surface area contributed by atoms with Gasteiger partial charge in [-0.3, -0.25) is 5.32 Å². The number of rotatable bonds is 7. The lowest BCUT2D eigenvalue weighted by Gasteiger charge is -2.16. The molecule has 5 heteroatoms. The first kappa shape index (κ1) is 19.8. The Hall–Kier alpha value is -2.94. The van der Waals surface area contributed by atoms with E-state index in [0.29, 0.717) is 11.4 Å². The summed E-state index contributed by atoms with van der Waals surface area (Å²) in [7, 11) is 0.280. The Kier molecular flexibility index (Phi) is 6.59. The van der Waals surface area contributed by atoms with Crippen LogP contribution in [-0.2, 0) is 17.3 Å². The summed E-state index contributed by atoms with van der Waals surface area (Å²) in [5.74, 6) is 0.791. The predicted octanol–water partition coefficient (Wildman–Crippen LogP) is 4.52. The minimum absolute atomic E-state index is 0.522. The highest BCUT2D eigenvalue weighted by atomic mass is 32.2. The van der Waals surface area contributed by atoms with Crippen molar-refractivity contribution in [3.05, 3.63) is 89.5 Å². The first-order valence-electron chi connectivity index (χ1n) is 8.95. The molecule has 0 fully saturated rings. The fourth-order valence-corrected chi connectivity index (χ4v) is 4.10. The molecule has 0 spiro atoms.